The van der Waals surface area contributed by atoms with E-state index in [1.165, 1.54) is 18.2 Å². The van der Waals surface area contributed by atoms with E-state index in [4.69, 9.17) is 9.97 Å². The molecule has 0 fully saturated rings. The summed E-state index contributed by atoms with van der Waals surface area (Å²) in [5, 5.41) is 1.62. The number of hydrogen-bond donors (Lipinski definition) is 1. The monoisotopic (exact) mass is 618 g/mol. The minimum atomic E-state index is -4.29. The first-order valence-corrected chi connectivity index (χ1v) is 16.8. The number of anilines is 1. The Morgan fingerprint density at radius 3 is 2.00 bits per heavy atom. The maximum atomic E-state index is 14.5. The van der Waals surface area contributed by atoms with Gasteiger partial charge in [-0.1, -0.05) is 90.5 Å². The molecule has 7 rings (SSSR count). The Hall–Kier alpha value is -5.06. The molecule has 218 valence electrons. The normalized spacial score (nSPS) is 12.2. The quantitative estimate of drug-likeness (QED) is 0.212. The van der Waals surface area contributed by atoms with Crippen LogP contribution in [0.2, 0.25) is 0 Å². The van der Waals surface area contributed by atoms with Crippen LogP contribution in [0, 0.1) is 6.92 Å². The van der Waals surface area contributed by atoms with E-state index in [9.17, 15) is 16.8 Å². The average Bonchev–Trinajstić information content (AvgIpc) is 3.31. The number of nitrogens with zero attached hydrogens (tertiary/aromatic N) is 3. The molecule has 2 heterocycles. The van der Waals surface area contributed by atoms with Crippen molar-refractivity contribution in [2.24, 2.45) is 0 Å². The van der Waals surface area contributed by atoms with Crippen LogP contribution in [0.15, 0.2) is 136 Å². The molecule has 0 aliphatic rings. The second-order valence-corrected chi connectivity index (χ2v) is 14.1. The van der Waals surface area contributed by atoms with Gasteiger partial charge in [0.05, 0.1) is 27.4 Å². The van der Waals surface area contributed by atoms with E-state index in [0.717, 1.165) is 21.9 Å². The summed E-state index contributed by atoms with van der Waals surface area (Å²) in [5.41, 5.74) is 3.07. The summed E-state index contributed by atoms with van der Waals surface area (Å²) in [7, 11) is -8.57. The Kier molecular flexibility index (Phi) is 6.68. The third-order valence-electron chi connectivity index (χ3n) is 7.55. The van der Waals surface area contributed by atoms with E-state index in [0.29, 0.717) is 11.0 Å². The second kappa shape index (κ2) is 10.6. The van der Waals surface area contributed by atoms with Crippen molar-refractivity contribution in [2.75, 3.05) is 4.72 Å². The van der Waals surface area contributed by atoms with Crippen molar-refractivity contribution in [2.45, 2.75) is 28.2 Å². The summed E-state index contributed by atoms with van der Waals surface area (Å²) in [6.07, 6.45) is 0. The summed E-state index contributed by atoms with van der Waals surface area (Å²) >= 11 is 0. The first kappa shape index (κ1) is 27.8. The molecule has 0 amide bonds. The van der Waals surface area contributed by atoms with Crippen molar-refractivity contribution in [3.8, 4) is 0 Å². The van der Waals surface area contributed by atoms with E-state index < -0.39 is 19.9 Å². The third kappa shape index (κ3) is 4.87. The molecule has 0 bridgehead atoms. The van der Waals surface area contributed by atoms with Gasteiger partial charge >= 0.3 is 0 Å². The highest BCUT2D eigenvalue weighted by molar-refractivity contribution is 7.93. The number of fused-ring (bicyclic) bond motifs is 3. The Balaban J connectivity index is 1.53. The molecule has 0 aliphatic carbocycles. The fourth-order valence-corrected chi connectivity index (χ4v) is 8.02. The molecule has 0 spiro atoms. The van der Waals surface area contributed by atoms with Gasteiger partial charge in [0.2, 0.25) is 9.84 Å². The zero-order chi connectivity index (χ0) is 30.5. The molecule has 0 saturated carbocycles. The Bertz CT molecular complexity index is 2420. The van der Waals surface area contributed by atoms with Gasteiger partial charge in [-0.15, -0.1) is 0 Å². The van der Waals surface area contributed by atoms with E-state index in [2.05, 4.69) is 4.72 Å². The number of rotatable bonds is 7. The van der Waals surface area contributed by atoms with Crippen molar-refractivity contribution in [1.29, 1.82) is 0 Å². The summed E-state index contributed by atoms with van der Waals surface area (Å²) in [4.78, 5) is 9.34. The fourth-order valence-electron chi connectivity index (χ4n) is 5.30. The van der Waals surface area contributed by atoms with E-state index >= 15 is 0 Å². The molecule has 2 aromatic heterocycles. The lowest BCUT2D eigenvalue weighted by Crippen LogP contribution is -2.18. The van der Waals surface area contributed by atoms with E-state index in [-0.39, 0.29) is 38.2 Å². The second-order valence-electron chi connectivity index (χ2n) is 10.6. The smallest absolute Gasteiger partial charge is 0.263 e. The average molecular weight is 619 g/mol. The van der Waals surface area contributed by atoms with Crippen LogP contribution >= 0.6 is 0 Å². The number of hydrogen-bond acceptors (Lipinski definition) is 6. The van der Waals surface area contributed by atoms with Crippen LogP contribution in [-0.2, 0) is 26.4 Å². The van der Waals surface area contributed by atoms with E-state index in [1.807, 2.05) is 67.6 Å². The predicted molar refractivity (Wildman–Crippen MR) is 172 cm³/mol. The van der Waals surface area contributed by atoms with Crippen LogP contribution < -0.4 is 4.72 Å². The maximum absolute atomic E-state index is 14.5. The highest BCUT2D eigenvalue weighted by Crippen LogP contribution is 2.39. The van der Waals surface area contributed by atoms with Gasteiger partial charge in [0, 0.05) is 0 Å². The topological polar surface area (TPSA) is 111 Å². The summed E-state index contributed by atoms with van der Waals surface area (Å²) < 4.78 is 61.3. The molecule has 0 unspecified atom stereocenters. The number of nitrogens with one attached hydrogen (secondary N) is 1. The van der Waals surface area contributed by atoms with Crippen LogP contribution in [-0.4, -0.2) is 31.4 Å². The van der Waals surface area contributed by atoms with Crippen molar-refractivity contribution < 1.29 is 16.8 Å². The number of para-hydroxylation sites is 2. The van der Waals surface area contributed by atoms with Crippen LogP contribution in [0.5, 0.6) is 0 Å². The first-order valence-electron chi connectivity index (χ1n) is 13.9. The SMILES string of the molecule is Cc1ccc(S(=O)(=O)c2c(NS(=O)(=O)c3ccc4ccccc4c3)n(Cc3ccccc3)c3nc4ccccc4nc23)cc1. The molecule has 44 heavy (non-hydrogen) atoms. The maximum Gasteiger partial charge on any atom is 0.263 e. The van der Waals surface area contributed by atoms with Gasteiger partial charge < -0.3 is 4.57 Å². The molecular formula is C34H26N4O4S2. The predicted octanol–water partition coefficient (Wildman–Crippen LogP) is 6.73. The number of sulfone groups is 1. The molecule has 0 atom stereocenters. The van der Waals surface area contributed by atoms with Crippen LogP contribution in [0.4, 0.5) is 5.82 Å². The molecular weight excluding hydrogens is 593 g/mol. The lowest BCUT2D eigenvalue weighted by atomic mass is 10.1. The van der Waals surface area contributed by atoms with Crippen LogP contribution in [0.1, 0.15) is 11.1 Å². The van der Waals surface area contributed by atoms with Gasteiger partial charge in [-0.2, -0.15) is 0 Å². The standard InChI is InChI=1S/C34H26N4O4S2/c1-23-15-18-27(19-16-23)43(39,40)32-31-33(36-30-14-8-7-13-29(30)35-31)38(22-24-9-3-2-4-10-24)34(32)37-44(41,42)28-20-17-25-11-5-6-12-26(25)21-28/h2-21,37H,22H2,1H3. The molecule has 10 heteroatoms. The molecule has 7 aromatic rings. The van der Waals surface area contributed by atoms with Gasteiger partial charge in [-0.05, 0) is 59.7 Å². The minimum Gasteiger partial charge on any atom is -0.305 e. The van der Waals surface area contributed by atoms with E-state index in [1.54, 1.807) is 47.0 Å². The number of sulfonamides is 1. The largest absolute Gasteiger partial charge is 0.305 e. The van der Waals surface area contributed by atoms with Crippen molar-refractivity contribution in [3.05, 3.63) is 132 Å². The lowest BCUT2D eigenvalue weighted by Gasteiger charge is -2.15. The van der Waals surface area contributed by atoms with Gasteiger partial charge in [0.15, 0.2) is 5.65 Å². The van der Waals surface area contributed by atoms with Gasteiger partial charge in [0.1, 0.15) is 16.2 Å². The van der Waals surface area contributed by atoms with Crippen LogP contribution in [0.3, 0.4) is 0 Å². The lowest BCUT2D eigenvalue weighted by molar-refractivity contribution is 0.596. The van der Waals surface area contributed by atoms with Gasteiger partial charge in [0.25, 0.3) is 10.0 Å². The third-order valence-corrected chi connectivity index (χ3v) is 10.7. The summed E-state index contributed by atoms with van der Waals surface area (Å²) in [6.45, 7) is 2.01. The molecule has 1 N–H and O–H groups in total. The van der Waals surface area contributed by atoms with Gasteiger partial charge in [-0.3, -0.25) is 4.72 Å². The summed E-state index contributed by atoms with van der Waals surface area (Å²) in [5.74, 6) is -0.132. The number of aryl methyl sites for hydroxylation is 1. The van der Waals surface area contributed by atoms with Crippen molar-refractivity contribution >= 4 is 58.6 Å². The Labute approximate surface area is 254 Å². The number of benzene rings is 5. The van der Waals surface area contributed by atoms with Crippen LogP contribution in [0.25, 0.3) is 33.0 Å². The molecule has 8 nitrogen and oxygen atoms in total. The zero-order valence-corrected chi connectivity index (χ0v) is 25.2. The molecule has 0 aliphatic heterocycles. The fraction of sp³-hybridized carbons (Fsp3) is 0.0588. The highest BCUT2D eigenvalue weighted by atomic mass is 32.2. The Morgan fingerprint density at radius 1 is 0.659 bits per heavy atom. The molecule has 0 radical (unpaired) electrons. The van der Waals surface area contributed by atoms with Crippen molar-refractivity contribution in [1.82, 2.24) is 14.5 Å². The molecule has 0 saturated heterocycles. The highest BCUT2D eigenvalue weighted by Gasteiger charge is 2.34. The Morgan fingerprint density at radius 2 is 1.27 bits per heavy atom. The van der Waals surface area contributed by atoms with Gasteiger partial charge in [-0.25, -0.2) is 26.8 Å². The zero-order valence-electron chi connectivity index (χ0n) is 23.5. The number of aromatic nitrogens is 3. The minimum absolute atomic E-state index is 0.00233. The molecule has 5 aromatic carbocycles. The van der Waals surface area contributed by atoms with Crippen molar-refractivity contribution in [3.63, 3.8) is 0 Å². The first-order chi connectivity index (χ1) is 21.2. The summed E-state index contributed by atoms with van der Waals surface area (Å²) in [6, 6.07) is 35.2.